The number of hydrogen-bond donors (Lipinski definition) is 2. The van der Waals surface area contributed by atoms with E-state index in [4.69, 9.17) is 5.11 Å². The number of carboxylic acids is 1. The second kappa shape index (κ2) is 7.45. The molecule has 0 heterocycles. The zero-order valence-corrected chi connectivity index (χ0v) is 14.6. The molecular formula is C17H18N2O5S. The largest absolute Gasteiger partial charge is 0.478 e. The summed E-state index contributed by atoms with van der Waals surface area (Å²) in [6.45, 7) is 0.161. The van der Waals surface area contributed by atoms with Gasteiger partial charge in [0.05, 0.1) is 17.4 Å². The fourth-order valence-corrected chi connectivity index (χ4v) is 2.57. The molecule has 0 bridgehead atoms. The third-order valence-corrected chi connectivity index (χ3v) is 4.82. The minimum atomic E-state index is -3.31. The monoisotopic (exact) mass is 362 g/mol. The molecule has 7 nitrogen and oxygen atoms in total. The molecule has 0 aromatic heterocycles. The van der Waals surface area contributed by atoms with Crippen LogP contribution in [-0.4, -0.2) is 43.0 Å². The van der Waals surface area contributed by atoms with Gasteiger partial charge in [0.25, 0.3) is 5.91 Å². The average Bonchev–Trinajstić information content (AvgIpc) is 2.54. The normalized spacial score (nSPS) is 11.3. The second-order valence-electron chi connectivity index (χ2n) is 5.52. The van der Waals surface area contributed by atoms with Crippen molar-refractivity contribution >= 4 is 27.6 Å². The smallest absolute Gasteiger partial charge is 0.336 e. The molecule has 0 aliphatic heterocycles. The molecule has 0 unspecified atom stereocenters. The fraction of sp³-hybridized carbons (Fsp3) is 0.176. The Labute approximate surface area is 146 Å². The lowest BCUT2D eigenvalue weighted by Crippen LogP contribution is -2.25. The molecule has 2 aromatic rings. The molecule has 2 N–H and O–H groups in total. The van der Waals surface area contributed by atoms with Gasteiger partial charge in [0.2, 0.25) is 10.0 Å². The summed E-state index contributed by atoms with van der Waals surface area (Å²) in [7, 11) is -1.85. The second-order valence-corrected chi connectivity index (χ2v) is 7.61. The summed E-state index contributed by atoms with van der Waals surface area (Å²) in [6.07, 6.45) is 1.11. The number of rotatable bonds is 6. The lowest BCUT2D eigenvalue weighted by molar-refractivity contribution is 0.0692. The average molecular weight is 362 g/mol. The SMILES string of the molecule is CN(Cc1cccc(NC(=O)c2ccccc2C(=O)O)c1)S(C)(=O)=O. The zero-order chi connectivity index (χ0) is 18.6. The van der Waals surface area contributed by atoms with Crippen molar-refractivity contribution in [2.45, 2.75) is 6.54 Å². The lowest BCUT2D eigenvalue weighted by atomic mass is 10.1. The van der Waals surface area contributed by atoms with E-state index in [1.165, 1.54) is 23.5 Å². The molecule has 2 rings (SSSR count). The van der Waals surface area contributed by atoms with E-state index < -0.39 is 21.9 Å². The molecule has 0 fully saturated rings. The Morgan fingerprint density at radius 3 is 2.32 bits per heavy atom. The van der Waals surface area contributed by atoms with E-state index in [9.17, 15) is 18.0 Å². The van der Waals surface area contributed by atoms with Crippen LogP contribution in [0.5, 0.6) is 0 Å². The number of amides is 1. The van der Waals surface area contributed by atoms with Crippen LogP contribution in [-0.2, 0) is 16.6 Å². The summed E-state index contributed by atoms with van der Waals surface area (Å²) >= 11 is 0. The summed E-state index contributed by atoms with van der Waals surface area (Å²) in [6, 6.07) is 12.6. The van der Waals surface area contributed by atoms with Gasteiger partial charge >= 0.3 is 5.97 Å². The van der Waals surface area contributed by atoms with Crippen LogP contribution < -0.4 is 5.32 Å². The Morgan fingerprint density at radius 2 is 1.72 bits per heavy atom. The highest BCUT2D eigenvalue weighted by atomic mass is 32.2. The fourth-order valence-electron chi connectivity index (χ4n) is 2.19. The van der Waals surface area contributed by atoms with Gasteiger partial charge in [0.15, 0.2) is 0 Å². The zero-order valence-electron chi connectivity index (χ0n) is 13.8. The van der Waals surface area contributed by atoms with Crippen LogP contribution in [0.1, 0.15) is 26.3 Å². The number of nitrogens with zero attached hydrogens (tertiary/aromatic N) is 1. The summed E-state index contributed by atoms with van der Waals surface area (Å²) in [5.41, 5.74) is 1.10. The van der Waals surface area contributed by atoms with E-state index in [0.29, 0.717) is 11.3 Å². The van der Waals surface area contributed by atoms with Gasteiger partial charge in [-0.05, 0) is 29.8 Å². The van der Waals surface area contributed by atoms with Crippen LogP contribution in [0.4, 0.5) is 5.69 Å². The van der Waals surface area contributed by atoms with Gasteiger partial charge in [-0.2, -0.15) is 0 Å². The maximum atomic E-state index is 12.4. The van der Waals surface area contributed by atoms with Crippen LogP contribution in [0.3, 0.4) is 0 Å². The van der Waals surface area contributed by atoms with Crippen LogP contribution >= 0.6 is 0 Å². The first-order valence-corrected chi connectivity index (χ1v) is 9.17. The predicted molar refractivity (Wildman–Crippen MR) is 94.1 cm³/mol. The van der Waals surface area contributed by atoms with Gasteiger partial charge < -0.3 is 10.4 Å². The highest BCUT2D eigenvalue weighted by Crippen LogP contribution is 2.16. The van der Waals surface area contributed by atoms with E-state index in [1.807, 2.05) is 0 Å². The highest BCUT2D eigenvalue weighted by Gasteiger charge is 2.16. The first-order chi connectivity index (χ1) is 11.7. The van der Waals surface area contributed by atoms with E-state index in [1.54, 1.807) is 36.4 Å². The van der Waals surface area contributed by atoms with E-state index >= 15 is 0 Å². The van der Waals surface area contributed by atoms with Crippen LogP contribution in [0.2, 0.25) is 0 Å². The number of carbonyl (C=O) groups excluding carboxylic acids is 1. The first-order valence-electron chi connectivity index (χ1n) is 7.32. The highest BCUT2D eigenvalue weighted by molar-refractivity contribution is 7.88. The van der Waals surface area contributed by atoms with Crippen molar-refractivity contribution in [3.8, 4) is 0 Å². The third kappa shape index (κ3) is 4.88. The maximum absolute atomic E-state index is 12.4. The van der Waals surface area contributed by atoms with Gasteiger partial charge in [-0.25, -0.2) is 17.5 Å². The van der Waals surface area contributed by atoms with Crippen molar-refractivity contribution in [1.82, 2.24) is 4.31 Å². The summed E-state index contributed by atoms with van der Waals surface area (Å²) in [5.74, 6) is -1.74. The molecule has 132 valence electrons. The van der Waals surface area contributed by atoms with Crippen molar-refractivity contribution in [2.75, 3.05) is 18.6 Å². The van der Waals surface area contributed by atoms with E-state index in [2.05, 4.69) is 5.32 Å². The number of anilines is 1. The van der Waals surface area contributed by atoms with Crippen LogP contribution in [0, 0.1) is 0 Å². The molecule has 0 saturated carbocycles. The molecule has 2 aromatic carbocycles. The first kappa shape index (κ1) is 18.6. The topological polar surface area (TPSA) is 104 Å². The van der Waals surface area contributed by atoms with Crippen molar-refractivity contribution < 1.29 is 23.1 Å². The van der Waals surface area contributed by atoms with Gasteiger partial charge in [-0.1, -0.05) is 24.3 Å². The number of benzene rings is 2. The van der Waals surface area contributed by atoms with Crippen LogP contribution in [0.15, 0.2) is 48.5 Å². The molecule has 0 saturated heterocycles. The predicted octanol–water partition coefficient (Wildman–Crippen LogP) is 2.03. The van der Waals surface area contributed by atoms with Gasteiger partial charge in [0, 0.05) is 19.3 Å². The Morgan fingerprint density at radius 1 is 1.08 bits per heavy atom. The number of aromatic carboxylic acids is 1. The minimum absolute atomic E-state index is 0.0497. The van der Waals surface area contributed by atoms with Crippen molar-refractivity contribution in [3.63, 3.8) is 0 Å². The molecular weight excluding hydrogens is 344 g/mol. The number of nitrogens with one attached hydrogen (secondary N) is 1. The number of carboxylic acid groups (broad SMARTS) is 1. The summed E-state index contributed by atoms with van der Waals surface area (Å²) in [4.78, 5) is 23.6. The van der Waals surface area contributed by atoms with Crippen LogP contribution in [0.25, 0.3) is 0 Å². The molecule has 25 heavy (non-hydrogen) atoms. The molecule has 1 amide bonds. The molecule has 0 aliphatic carbocycles. The van der Waals surface area contributed by atoms with Crippen molar-refractivity contribution in [2.24, 2.45) is 0 Å². The van der Waals surface area contributed by atoms with Crippen molar-refractivity contribution in [3.05, 3.63) is 65.2 Å². The van der Waals surface area contributed by atoms with Gasteiger partial charge in [-0.3, -0.25) is 4.79 Å². The quantitative estimate of drug-likeness (QED) is 0.818. The third-order valence-electron chi connectivity index (χ3n) is 3.56. The number of carbonyl (C=O) groups is 2. The Bertz CT molecular complexity index is 909. The molecule has 0 radical (unpaired) electrons. The van der Waals surface area contributed by atoms with Gasteiger partial charge in [-0.15, -0.1) is 0 Å². The number of hydrogen-bond acceptors (Lipinski definition) is 4. The Balaban J connectivity index is 2.20. The van der Waals surface area contributed by atoms with Gasteiger partial charge in [0.1, 0.15) is 0 Å². The summed E-state index contributed by atoms with van der Waals surface area (Å²) < 4.78 is 24.2. The Hall–Kier alpha value is -2.71. The molecule has 0 spiro atoms. The minimum Gasteiger partial charge on any atom is -0.478 e. The number of sulfonamides is 1. The summed E-state index contributed by atoms with van der Waals surface area (Å²) in [5, 5.41) is 11.8. The molecule has 0 atom stereocenters. The van der Waals surface area contributed by atoms with E-state index in [-0.39, 0.29) is 17.7 Å². The molecule has 8 heteroatoms. The molecule has 0 aliphatic rings. The van der Waals surface area contributed by atoms with E-state index in [0.717, 1.165) is 6.26 Å². The standard InChI is InChI=1S/C17H18N2O5S/c1-19(25(2,23)24)11-12-6-5-7-13(10-12)18-16(20)14-8-3-4-9-15(14)17(21)22/h3-10H,11H2,1-2H3,(H,18,20)(H,21,22). The van der Waals surface area contributed by atoms with Crippen molar-refractivity contribution in [1.29, 1.82) is 0 Å². The Kier molecular flexibility index (Phi) is 5.55. The maximum Gasteiger partial charge on any atom is 0.336 e. The lowest BCUT2D eigenvalue weighted by Gasteiger charge is -2.15.